The Morgan fingerprint density at radius 2 is 1.96 bits per heavy atom. The van der Waals surface area contributed by atoms with E-state index in [1.165, 1.54) is 5.56 Å². The van der Waals surface area contributed by atoms with Crippen molar-refractivity contribution in [1.29, 1.82) is 0 Å². The molecule has 1 aliphatic heterocycles. The van der Waals surface area contributed by atoms with Gasteiger partial charge in [0.1, 0.15) is 0 Å². The van der Waals surface area contributed by atoms with Gasteiger partial charge in [-0.25, -0.2) is 13.1 Å². The molecule has 1 aromatic heterocycles. The van der Waals surface area contributed by atoms with Gasteiger partial charge in [0.25, 0.3) is 0 Å². The SMILES string of the molecule is CC(C)c1ccc(-c2noc(C3(C)CCCNS3(=O)=O)n2)cc1. The molecule has 1 fully saturated rings. The molecular weight excluding hydrogens is 314 g/mol. The molecule has 23 heavy (non-hydrogen) atoms. The van der Waals surface area contributed by atoms with Gasteiger partial charge < -0.3 is 4.52 Å². The van der Waals surface area contributed by atoms with Crippen molar-refractivity contribution in [1.82, 2.24) is 14.9 Å². The molecule has 1 N–H and O–H groups in total. The van der Waals surface area contributed by atoms with E-state index in [0.29, 0.717) is 24.7 Å². The van der Waals surface area contributed by atoms with Crippen LogP contribution in [-0.2, 0) is 14.8 Å². The highest BCUT2D eigenvalue weighted by Gasteiger charge is 2.47. The van der Waals surface area contributed by atoms with Crippen molar-refractivity contribution in [2.75, 3.05) is 6.54 Å². The molecule has 0 amide bonds. The summed E-state index contributed by atoms with van der Waals surface area (Å²) in [7, 11) is -3.51. The molecule has 6 nitrogen and oxygen atoms in total. The first kappa shape index (κ1) is 16.1. The first-order chi connectivity index (χ1) is 10.8. The second kappa shape index (κ2) is 5.72. The summed E-state index contributed by atoms with van der Waals surface area (Å²) < 4.78 is 31.3. The van der Waals surface area contributed by atoms with Crippen molar-refractivity contribution >= 4 is 10.0 Å². The summed E-state index contributed by atoms with van der Waals surface area (Å²) in [6.45, 7) is 6.34. The van der Waals surface area contributed by atoms with Crippen LogP contribution >= 0.6 is 0 Å². The quantitative estimate of drug-likeness (QED) is 0.932. The highest BCUT2D eigenvalue weighted by atomic mass is 32.2. The molecule has 0 aliphatic carbocycles. The molecule has 0 spiro atoms. The molecule has 7 heteroatoms. The zero-order valence-corrected chi connectivity index (χ0v) is 14.4. The molecule has 2 heterocycles. The lowest BCUT2D eigenvalue weighted by atomic mass is 10.0. The van der Waals surface area contributed by atoms with Crippen LogP contribution in [0.25, 0.3) is 11.4 Å². The summed E-state index contributed by atoms with van der Waals surface area (Å²) in [5, 5.41) is 3.97. The number of nitrogens with one attached hydrogen (secondary N) is 1. The summed E-state index contributed by atoms with van der Waals surface area (Å²) >= 11 is 0. The Morgan fingerprint density at radius 1 is 1.26 bits per heavy atom. The molecular formula is C16H21N3O3S. The molecule has 1 saturated heterocycles. The second-order valence-electron chi connectivity index (χ2n) is 6.43. The van der Waals surface area contributed by atoms with E-state index in [1.807, 2.05) is 24.3 Å². The van der Waals surface area contributed by atoms with E-state index in [4.69, 9.17) is 4.52 Å². The minimum Gasteiger partial charge on any atom is -0.337 e. The minimum atomic E-state index is -3.51. The van der Waals surface area contributed by atoms with Gasteiger partial charge in [-0.1, -0.05) is 43.3 Å². The van der Waals surface area contributed by atoms with Crippen LogP contribution in [0.4, 0.5) is 0 Å². The van der Waals surface area contributed by atoms with Crippen LogP contribution in [0.15, 0.2) is 28.8 Å². The predicted molar refractivity (Wildman–Crippen MR) is 87.3 cm³/mol. The van der Waals surface area contributed by atoms with Crippen LogP contribution in [0.1, 0.15) is 51.0 Å². The first-order valence-corrected chi connectivity index (χ1v) is 9.25. The van der Waals surface area contributed by atoms with Gasteiger partial charge >= 0.3 is 0 Å². The van der Waals surface area contributed by atoms with Crippen LogP contribution < -0.4 is 4.72 Å². The van der Waals surface area contributed by atoms with Crippen molar-refractivity contribution in [3.8, 4) is 11.4 Å². The number of hydrogen-bond donors (Lipinski definition) is 1. The van der Waals surface area contributed by atoms with Crippen molar-refractivity contribution < 1.29 is 12.9 Å². The third-order valence-electron chi connectivity index (χ3n) is 4.43. The fourth-order valence-corrected chi connectivity index (χ4v) is 4.18. The number of hydrogen-bond acceptors (Lipinski definition) is 5. The first-order valence-electron chi connectivity index (χ1n) is 7.77. The van der Waals surface area contributed by atoms with E-state index >= 15 is 0 Å². The monoisotopic (exact) mass is 335 g/mol. The maximum Gasteiger partial charge on any atom is 0.249 e. The lowest BCUT2D eigenvalue weighted by molar-refractivity contribution is 0.319. The number of aromatic nitrogens is 2. The van der Waals surface area contributed by atoms with Crippen LogP contribution in [0.5, 0.6) is 0 Å². The highest BCUT2D eigenvalue weighted by Crippen LogP contribution is 2.36. The van der Waals surface area contributed by atoms with Gasteiger partial charge in [0.15, 0.2) is 4.75 Å². The second-order valence-corrected chi connectivity index (χ2v) is 8.63. The van der Waals surface area contributed by atoms with Crippen LogP contribution in [0.2, 0.25) is 0 Å². The van der Waals surface area contributed by atoms with Gasteiger partial charge in [0.2, 0.25) is 21.7 Å². The lowest BCUT2D eigenvalue weighted by Crippen LogP contribution is -2.46. The van der Waals surface area contributed by atoms with Gasteiger partial charge in [-0.3, -0.25) is 0 Å². The minimum absolute atomic E-state index is 0.146. The summed E-state index contributed by atoms with van der Waals surface area (Å²) in [4.78, 5) is 4.35. The maximum atomic E-state index is 12.3. The van der Waals surface area contributed by atoms with E-state index in [9.17, 15) is 8.42 Å². The van der Waals surface area contributed by atoms with Crippen LogP contribution in [0, 0.1) is 0 Å². The molecule has 0 radical (unpaired) electrons. The smallest absolute Gasteiger partial charge is 0.249 e. The highest BCUT2D eigenvalue weighted by molar-refractivity contribution is 7.90. The van der Waals surface area contributed by atoms with Gasteiger partial charge in [0.05, 0.1) is 0 Å². The van der Waals surface area contributed by atoms with E-state index in [-0.39, 0.29) is 5.89 Å². The standard InChI is InChI=1S/C16H21N3O3S/c1-11(2)12-5-7-13(8-6-12)14-18-15(22-19-14)16(3)9-4-10-17-23(16,20)21/h5-8,11,17H,4,9-10H2,1-3H3. The van der Waals surface area contributed by atoms with Gasteiger partial charge in [-0.2, -0.15) is 4.98 Å². The third kappa shape index (κ3) is 2.79. The number of benzene rings is 1. The molecule has 1 atom stereocenters. The third-order valence-corrected chi connectivity index (χ3v) is 6.58. The molecule has 2 aromatic rings. The number of sulfonamides is 1. The molecule has 0 bridgehead atoms. The Balaban J connectivity index is 1.94. The number of nitrogens with zero attached hydrogens (tertiary/aromatic N) is 2. The fraction of sp³-hybridized carbons (Fsp3) is 0.500. The lowest BCUT2D eigenvalue weighted by Gasteiger charge is -2.29. The average molecular weight is 335 g/mol. The topological polar surface area (TPSA) is 85.1 Å². The summed E-state index contributed by atoms with van der Waals surface area (Å²) in [6.07, 6.45) is 1.22. The molecule has 3 rings (SSSR count). The zero-order valence-electron chi connectivity index (χ0n) is 13.5. The van der Waals surface area contributed by atoms with Gasteiger partial charge in [0, 0.05) is 12.1 Å². The Bertz CT molecular complexity index is 796. The van der Waals surface area contributed by atoms with Gasteiger partial charge in [-0.15, -0.1) is 0 Å². The summed E-state index contributed by atoms with van der Waals surface area (Å²) in [5.74, 6) is 1.01. The molecule has 1 aliphatic rings. The van der Waals surface area contributed by atoms with Gasteiger partial charge in [-0.05, 0) is 31.2 Å². The zero-order chi connectivity index (χ0) is 16.7. The largest absolute Gasteiger partial charge is 0.337 e. The van der Waals surface area contributed by atoms with E-state index in [0.717, 1.165) is 12.0 Å². The normalized spacial score (nSPS) is 24.0. The maximum absolute atomic E-state index is 12.3. The molecule has 1 unspecified atom stereocenters. The molecule has 1 aromatic carbocycles. The Hall–Kier alpha value is -1.73. The fourth-order valence-electron chi connectivity index (χ4n) is 2.72. The van der Waals surface area contributed by atoms with Crippen LogP contribution in [-0.4, -0.2) is 25.1 Å². The van der Waals surface area contributed by atoms with Crippen molar-refractivity contribution in [2.24, 2.45) is 0 Å². The van der Waals surface area contributed by atoms with Crippen molar-refractivity contribution in [3.63, 3.8) is 0 Å². The average Bonchev–Trinajstić information content (AvgIpc) is 3.01. The Kier molecular flexibility index (Phi) is 4.01. The predicted octanol–water partition coefficient (Wildman–Crippen LogP) is 2.79. The number of rotatable bonds is 3. The van der Waals surface area contributed by atoms with E-state index in [2.05, 4.69) is 28.7 Å². The van der Waals surface area contributed by atoms with Crippen molar-refractivity contribution in [2.45, 2.75) is 44.3 Å². The van der Waals surface area contributed by atoms with Crippen LogP contribution in [0.3, 0.4) is 0 Å². The van der Waals surface area contributed by atoms with E-state index < -0.39 is 14.8 Å². The Morgan fingerprint density at radius 3 is 2.57 bits per heavy atom. The van der Waals surface area contributed by atoms with E-state index in [1.54, 1.807) is 6.92 Å². The molecule has 0 saturated carbocycles. The van der Waals surface area contributed by atoms with Crippen molar-refractivity contribution in [3.05, 3.63) is 35.7 Å². The summed E-state index contributed by atoms with van der Waals surface area (Å²) in [5.41, 5.74) is 2.04. The Labute approximate surface area is 136 Å². The summed E-state index contributed by atoms with van der Waals surface area (Å²) in [6, 6.07) is 7.91. The molecule has 124 valence electrons.